The molecule has 0 bridgehead atoms. The number of hydrogen-bond acceptors (Lipinski definition) is 2. The second-order valence-electron chi connectivity index (χ2n) is 5.51. The molecule has 0 saturated carbocycles. The maximum atomic E-state index is 12.5. The quantitative estimate of drug-likeness (QED) is 0.868. The average Bonchev–Trinajstić information content (AvgIpc) is 2.96. The number of allylic oxidation sites excluding steroid dienone is 1. The lowest BCUT2D eigenvalue weighted by Gasteiger charge is -2.14. The summed E-state index contributed by atoms with van der Waals surface area (Å²) in [6.07, 6.45) is -2.66. The molecule has 7 heteroatoms. The van der Waals surface area contributed by atoms with Gasteiger partial charge in [-0.3, -0.25) is 9.59 Å². The Morgan fingerprint density at radius 1 is 1.26 bits per heavy atom. The number of hydrogen-bond donors (Lipinski definition) is 1. The molecule has 1 amide bonds. The van der Waals surface area contributed by atoms with Gasteiger partial charge in [0.15, 0.2) is 0 Å². The highest BCUT2D eigenvalue weighted by molar-refractivity contribution is 5.95. The van der Waals surface area contributed by atoms with Crippen LogP contribution in [0.15, 0.2) is 30.3 Å². The van der Waals surface area contributed by atoms with Crippen molar-refractivity contribution in [3.05, 3.63) is 41.5 Å². The molecule has 0 aromatic heterocycles. The molecule has 1 heterocycles. The third-order valence-corrected chi connectivity index (χ3v) is 3.86. The first kappa shape index (κ1) is 17.1. The Kier molecular flexibility index (Phi) is 4.77. The molecule has 1 aromatic carbocycles. The van der Waals surface area contributed by atoms with Crippen LogP contribution in [0.25, 0.3) is 5.57 Å². The normalized spacial score (nSPS) is 19.0. The lowest BCUT2D eigenvalue weighted by Crippen LogP contribution is -2.28. The van der Waals surface area contributed by atoms with Gasteiger partial charge >= 0.3 is 12.1 Å². The number of amides is 1. The Balaban J connectivity index is 2.07. The van der Waals surface area contributed by atoms with Crippen LogP contribution in [0.3, 0.4) is 0 Å². The van der Waals surface area contributed by atoms with Crippen molar-refractivity contribution in [1.29, 1.82) is 0 Å². The SMILES string of the molecule is C/C(=C/C(=O)N1CCC(C(=O)O)C1)c1ccc(C(F)(F)F)cc1. The predicted molar refractivity (Wildman–Crippen MR) is 77.4 cm³/mol. The summed E-state index contributed by atoms with van der Waals surface area (Å²) >= 11 is 0. The Hall–Kier alpha value is -2.31. The topological polar surface area (TPSA) is 57.6 Å². The number of benzene rings is 1. The first-order chi connectivity index (χ1) is 10.7. The summed E-state index contributed by atoms with van der Waals surface area (Å²) in [5.41, 5.74) is 0.298. The van der Waals surface area contributed by atoms with Gasteiger partial charge in [-0.1, -0.05) is 12.1 Å². The summed E-state index contributed by atoms with van der Waals surface area (Å²) < 4.78 is 37.5. The van der Waals surface area contributed by atoms with E-state index in [0.717, 1.165) is 12.1 Å². The number of halogens is 3. The lowest BCUT2D eigenvalue weighted by molar-refractivity contribution is -0.141. The summed E-state index contributed by atoms with van der Waals surface area (Å²) in [6.45, 7) is 2.16. The van der Waals surface area contributed by atoms with Crippen molar-refractivity contribution in [3.8, 4) is 0 Å². The van der Waals surface area contributed by atoms with Crippen molar-refractivity contribution in [3.63, 3.8) is 0 Å². The van der Waals surface area contributed by atoms with E-state index >= 15 is 0 Å². The predicted octanol–water partition coefficient (Wildman–Crippen LogP) is 3.04. The van der Waals surface area contributed by atoms with Gasteiger partial charge < -0.3 is 10.0 Å². The van der Waals surface area contributed by atoms with Crippen LogP contribution in [0.1, 0.15) is 24.5 Å². The number of rotatable bonds is 3. The zero-order valence-electron chi connectivity index (χ0n) is 12.4. The van der Waals surface area contributed by atoms with Crippen LogP contribution in [-0.4, -0.2) is 35.0 Å². The summed E-state index contributed by atoms with van der Waals surface area (Å²) in [4.78, 5) is 24.4. The number of alkyl halides is 3. The number of carbonyl (C=O) groups excluding carboxylic acids is 1. The Bertz CT molecular complexity index is 635. The highest BCUT2D eigenvalue weighted by Crippen LogP contribution is 2.30. The molecule has 2 rings (SSSR count). The minimum absolute atomic E-state index is 0.158. The fourth-order valence-electron chi connectivity index (χ4n) is 2.44. The molecule has 124 valence electrons. The van der Waals surface area contributed by atoms with E-state index in [1.165, 1.54) is 23.1 Å². The molecule has 0 spiro atoms. The minimum Gasteiger partial charge on any atom is -0.481 e. The summed E-state index contributed by atoms with van der Waals surface area (Å²) in [6, 6.07) is 4.55. The van der Waals surface area contributed by atoms with Gasteiger partial charge in [-0.05, 0) is 36.6 Å². The number of carboxylic acid groups (broad SMARTS) is 1. The largest absolute Gasteiger partial charge is 0.481 e. The van der Waals surface area contributed by atoms with Crippen LogP contribution in [0, 0.1) is 5.92 Å². The van der Waals surface area contributed by atoms with Crippen molar-refractivity contribution in [1.82, 2.24) is 4.90 Å². The summed E-state index contributed by atoms with van der Waals surface area (Å²) in [7, 11) is 0. The minimum atomic E-state index is -4.40. The van der Waals surface area contributed by atoms with E-state index in [2.05, 4.69) is 0 Å². The van der Waals surface area contributed by atoms with Gasteiger partial charge in [0, 0.05) is 19.2 Å². The third-order valence-electron chi connectivity index (χ3n) is 3.86. The van der Waals surface area contributed by atoms with E-state index < -0.39 is 23.6 Å². The molecule has 1 unspecified atom stereocenters. The van der Waals surface area contributed by atoms with Crippen molar-refractivity contribution < 1.29 is 27.9 Å². The van der Waals surface area contributed by atoms with Crippen LogP contribution < -0.4 is 0 Å². The Labute approximate surface area is 131 Å². The monoisotopic (exact) mass is 327 g/mol. The van der Waals surface area contributed by atoms with Gasteiger partial charge in [0.05, 0.1) is 11.5 Å². The fourth-order valence-corrected chi connectivity index (χ4v) is 2.44. The first-order valence-electron chi connectivity index (χ1n) is 7.06. The molecular weight excluding hydrogens is 311 g/mol. The second-order valence-corrected chi connectivity index (χ2v) is 5.51. The van der Waals surface area contributed by atoms with E-state index in [9.17, 15) is 22.8 Å². The van der Waals surface area contributed by atoms with Gasteiger partial charge in [-0.15, -0.1) is 0 Å². The zero-order chi connectivity index (χ0) is 17.2. The van der Waals surface area contributed by atoms with Crippen LogP contribution >= 0.6 is 0 Å². The standard InChI is InChI=1S/C16H16F3NO3/c1-10(11-2-4-13(5-3-11)16(17,18)19)8-14(21)20-7-6-12(9-20)15(22)23/h2-5,8,12H,6-7,9H2,1H3,(H,22,23)/b10-8-. The fraction of sp³-hybridized carbons (Fsp3) is 0.375. The molecule has 0 radical (unpaired) electrons. The van der Waals surface area contributed by atoms with Crippen molar-refractivity contribution >= 4 is 17.4 Å². The number of carbonyl (C=O) groups is 2. The average molecular weight is 327 g/mol. The zero-order valence-corrected chi connectivity index (χ0v) is 12.4. The summed E-state index contributed by atoms with van der Waals surface area (Å²) in [5.74, 6) is -1.81. The van der Waals surface area contributed by atoms with Crippen LogP contribution in [0.2, 0.25) is 0 Å². The Morgan fingerprint density at radius 2 is 1.87 bits per heavy atom. The van der Waals surface area contributed by atoms with Gasteiger partial charge in [-0.2, -0.15) is 13.2 Å². The van der Waals surface area contributed by atoms with Gasteiger partial charge in [0.1, 0.15) is 0 Å². The van der Waals surface area contributed by atoms with Gasteiger partial charge in [-0.25, -0.2) is 0 Å². The van der Waals surface area contributed by atoms with E-state index in [4.69, 9.17) is 5.11 Å². The van der Waals surface area contributed by atoms with Crippen LogP contribution in [0.4, 0.5) is 13.2 Å². The smallest absolute Gasteiger partial charge is 0.416 e. The Morgan fingerprint density at radius 3 is 2.35 bits per heavy atom. The van der Waals surface area contributed by atoms with Gasteiger partial charge in [0.2, 0.25) is 5.91 Å². The van der Waals surface area contributed by atoms with Crippen molar-refractivity contribution in [2.75, 3.05) is 13.1 Å². The maximum Gasteiger partial charge on any atom is 0.416 e. The molecule has 1 aliphatic rings. The molecule has 23 heavy (non-hydrogen) atoms. The molecular formula is C16H16F3NO3. The number of aliphatic carboxylic acids is 1. The second kappa shape index (κ2) is 6.44. The first-order valence-corrected chi connectivity index (χ1v) is 7.06. The number of carboxylic acids is 1. The molecule has 1 atom stereocenters. The molecule has 4 nitrogen and oxygen atoms in total. The summed E-state index contributed by atoms with van der Waals surface area (Å²) in [5, 5.41) is 8.92. The molecule has 0 aliphatic carbocycles. The van der Waals surface area contributed by atoms with Gasteiger partial charge in [0.25, 0.3) is 0 Å². The number of likely N-dealkylation sites (tertiary alicyclic amines) is 1. The van der Waals surface area contributed by atoms with E-state index in [1.54, 1.807) is 6.92 Å². The highest BCUT2D eigenvalue weighted by Gasteiger charge is 2.31. The van der Waals surface area contributed by atoms with E-state index in [-0.39, 0.29) is 12.5 Å². The molecule has 1 saturated heterocycles. The molecule has 1 aliphatic heterocycles. The molecule has 1 aromatic rings. The lowest BCUT2D eigenvalue weighted by atomic mass is 10.0. The molecule has 1 fully saturated rings. The van der Waals surface area contributed by atoms with Crippen molar-refractivity contribution in [2.45, 2.75) is 19.5 Å². The van der Waals surface area contributed by atoms with E-state index in [0.29, 0.717) is 24.1 Å². The highest BCUT2D eigenvalue weighted by atomic mass is 19.4. The number of nitrogens with zero attached hydrogens (tertiary/aromatic N) is 1. The maximum absolute atomic E-state index is 12.5. The third kappa shape index (κ3) is 4.12. The van der Waals surface area contributed by atoms with Crippen LogP contribution in [-0.2, 0) is 15.8 Å². The van der Waals surface area contributed by atoms with E-state index in [1.807, 2.05) is 0 Å². The molecule has 1 N–H and O–H groups in total. The van der Waals surface area contributed by atoms with Crippen LogP contribution in [0.5, 0.6) is 0 Å². The van der Waals surface area contributed by atoms with Crippen molar-refractivity contribution in [2.24, 2.45) is 5.92 Å².